The molecule has 156 valence electrons. The quantitative estimate of drug-likeness (QED) is 0.672. The fraction of sp³-hybridized carbons (Fsp3) is 0.455. The minimum atomic E-state index is -0.0912. The lowest BCUT2D eigenvalue weighted by Gasteiger charge is -2.33. The van der Waals surface area contributed by atoms with Crippen LogP contribution in [0.25, 0.3) is 0 Å². The number of nitrogens with zero attached hydrogens (tertiary/aromatic N) is 1. The predicted molar refractivity (Wildman–Crippen MR) is 109 cm³/mol. The van der Waals surface area contributed by atoms with Crippen LogP contribution >= 0.6 is 0 Å². The molecule has 1 aliphatic heterocycles. The van der Waals surface area contributed by atoms with Gasteiger partial charge >= 0.3 is 0 Å². The maximum Gasteiger partial charge on any atom is 0.224 e. The van der Waals surface area contributed by atoms with Crippen molar-refractivity contribution in [2.75, 3.05) is 39.4 Å². The number of amides is 2. The van der Waals surface area contributed by atoms with E-state index in [9.17, 15) is 9.59 Å². The van der Waals surface area contributed by atoms with Crippen molar-refractivity contribution in [1.29, 1.82) is 0 Å². The van der Waals surface area contributed by atoms with Gasteiger partial charge in [0.1, 0.15) is 11.5 Å². The van der Waals surface area contributed by atoms with Gasteiger partial charge in [-0.15, -0.1) is 0 Å². The summed E-state index contributed by atoms with van der Waals surface area (Å²) in [5, 5.41) is 5.78. The highest BCUT2D eigenvalue weighted by Gasteiger charge is 2.25. The molecule has 7 nitrogen and oxygen atoms in total. The van der Waals surface area contributed by atoms with E-state index in [1.165, 1.54) is 0 Å². The van der Waals surface area contributed by atoms with Crippen molar-refractivity contribution in [3.8, 4) is 0 Å². The smallest absolute Gasteiger partial charge is 0.224 e. The molecule has 2 aromatic rings. The molecular weight excluding hydrogens is 370 g/mol. The first-order valence-corrected chi connectivity index (χ1v) is 10.1. The molecule has 1 saturated heterocycles. The number of furan rings is 1. The summed E-state index contributed by atoms with van der Waals surface area (Å²) in [7, 11) is 0. The zero-order valence-corrected chi connectivity index (χ0v) is 16.9. The SMILES string of the molecule is Cc1ccc([C@@H](CNC(=O)CCNC(=O)Cc2ccccc2)N2CCOCC2)o1. The van der Waals surface area contributed by atoms with E-state index in [1.807, 2.05) is 49.4 Å². The zero-order valence-electron chi connectivity index (χ0n) is 16.9. The molecule has 1 aromatic carbocycles. The molecule has 1 aromatic heterocycles. The Morgan fingerprint density at radius 2 is 1.79 bits per heavy atom. The van der Waals surface area contributed by atoms with Crippen molar-refractivity contribution in [2.45, 2.75) is 25.8 Å². The second-order valence-corrected chi connectivity index (χ2v) is 7.18. The molecule has 7 heteroatoms. The van der Waals surface area contributed by atoms with E-state index in [2.05, 4.69) is 15.5 Å². The van der Waals surface area contributed by atoms with E-state index in [0.29, 0.717) is 32.7 Å². The summed E-state index contributed by atoms with van der Waals surface area (Å²) < 4.78 is 11.2. The Labute approximate surface area is 171 Å². The molecular formula is C22H29N3O4. The van der Waals surface area contributed by atoms with Crippen LogP contribution in [0.15, 0.2) is 46.9 Å². The van der Waals surface area contributed by atoms with Crippen LogP contribution in [0, 0.1) is 6.92 Å². The summed E-state index contributed by atoms with van der Waals surface area (Å²) in [6.07, 6.45) is 0.562. The summed E-state index contributed by atoms with van der Waals surface area (Å²) in [5.41, 5.74) is 0.955. The normalized spacial score (nSPS) is 15.6. The highest BCUT2D eigenvalue weighted by atomic mass is 16.5. The maximum absolute atomic E-state index is 12.3. The molecule has 2 N–H and O–H groups in total. The summed E-state index contributed by atoms with van der Waals surface area (Å²) in [6.45, 7) is 5.65. The van der Waals surface area contributed by atoms with Crippen LogP contribution in [-0.4, -0.2) is 56.1 Å². The number of aryl methyl sites for hydroxylation is 1. The lowest BCUT2D eigenvalue weighted by Crippen LogP contribution is -2.44. The molecule has 0 aliphatic carbocycles. The number of nitrogens with one attached hydrogen (secondary N) is 2. The Balaban J connectivity index is 1.43. The molecule has 1 aliphatic rings. The van der Waals surface area contributed by atoms with E-state index in [1.54, 1.807) is 0 Å². The molecule has 0 radical (unpaired) electrons. The van der Waals surface area contributed by atoms with Crippen molar-refractivity contribution in [1.82, 2.24) is 15.5 Å². The van der Waals surface area contributed by atoms with Crippen LogP contribution in [0.4, 0.5) is 0 Å². The van der Waals surface area contributed by atoms with E-state index >= 15 is 0 Å². The van der Waals surface area contributed by atoms with Gasteiger partial charge in [-0.2, -0.15) is 0 Å². The minimum absolute atomic E-state index is 0.0239. The van der Waals surface area contributed by atoms with Crippen LogP contribution < -0.4 is 10.6 Å². The molecule has 0 unspecified atom stereocenters. The molecule has 29 heavy (non-hydrogen) atoms. The Morgan fingerprint density at radius 1 is 1.03 bits per heavy atom. The van der Waals surface area contributed by atoms with Gasteiger partial charge in [0.25, 0.3) is 0 Å². The largest absolute Gasteiger partial charge is 0.465 e. The molecule has 2 heterocycles. The van der Waals surface area contributed by atoms with Crippen LogP contribution in [-0.2, 0) is 20.7 Å². The third kappa shape index (κ3) is 6.73. The summed E-state index contributed by atoms with van der Waals surface area (Å²) in [4.78, 5) is 26.5. The third-order valence-electron chi connectivity index (χ3n) is 4.95. The lowest BCUT2D eigenvalue weighted by molar-refractivity contribution is -0.122. The number of carbonyl (C=O) groups is 2. The molecule has 0 bridgehead atoms. The van der Waals surface area contributed by atoms with Crippen LogP contribution in [0.3, 0.4) is 0 Å². The highest BCUT2D eigenvalue weighted by Crippen LogP contribution is 2.23. The number of benzene rings is 1. The fourth-order valence-corrected chi connectivity index (χ4v) is 3.39. The minimum Gasteiger partial charge on any atom is -0.465 e. The summed E-state index contributed by atoms with van der Waals surface area (Å²) >= 11 is 0. The average Bonchev–Trinajstić information content (AvgIpc) is 3.15. The van der Waals surface area contributed by atoms with Gasteiger partial charge in [0, 0.05) is 32.6 Å². The van der Waals surface area contributed by atoms with Gasteiger partial charge in [0.2, 0.25) is 11.8 Å². The van der Waals surface area contributed by atoms with E-state index in [4.69, 9.17) is 9.15 Å². The zero-order chi connectivity index (χ0) is 20.5. The van der Waals surface area contributed by atoms with Gasteiger partial charge in [-0.25, -0.2) is 0 Å². The molecule has 3 rings (SSSR count). The molecule has 0 spiro atoms. The van der Waals surface area contributed by atoms with Gasteiger partial charge in [0.05, 0.1) is 25.7 Å². The topological polar surface area (TPSA) is 83.8 Å². The van der Waals surface area contributed by atoms with Gasteiger partial charge in [-0.1, -0.05) is 30.3 Å². The summed E-state index contributed by atoms with van der Waals surface area (Å²) in [5.74, 6) is 1.53. The number of ether oxygens (including phenoxy) is 1. The Bertz CT molecular complexity index is 784. The Hall–Kier alpha value is -2.64. The fourth-order valence-electron chi connectivity index (χ4n) is 3.39. The monoisotopic (exact) mass is 399 g/mol. The van der Waals surface area contributed by atoms with Crippen LogP contribution in [0.2, 0.25) is 0 Å². The second-order valence-electron chi connectivity index (χ2n) is 7.18. The molecule has 2 amide bonds. The van der Waals surface area contributed by atoms with Crippen molar-refractivity contribution in [2.24, 2.45) is 0 Å². The first-order valence-electron chi connectivity index (χ1n) is 10.1. The van der Waals surface area contributed by atoms with Gasteiger partial charge in [0.15, 0.2) is 0 Å². The number of hydrogen-bond donors (Lipinski definition) is 2. The van der Waals surface area contributed by atoms with Crippen molar-refractivity contribution >= 4 is 11.8 Å². The third-order valence-corrected chi connectivity index (χ3v) is 4.95. The first-order chi connectivity index (χ1) is 14.1. The highest BCUT2D eigenvalue weighted by molar-refractivity contribution is 5.80. The van der Waals surface area contributed by atoms with Crippen molar-refractivity contribution in [3.05, 3.63) is 59.5 Å². The Morgan fingerprint density at radius 3 is 2.48 bits per heavy atom. The average molecular weight is 399 g/mol. The van der Waals surface area contributed by atoms with Gasteiger partial charge in [-0.3, -0.25) is 14.5 Å². The number of rotatable bonds is 9. The number of hydrogen-bond acceptors (Lipinski definition) is 5. The van der Waals surface area contributed by atoms with E-state index in [0.717, 1.165) is 30.2 Å². The van der Waals surface area contributed by atoms with Crippen LogP contribution in [0.1, 0.15) is 29.5 Å². The maximum atomic E-state index is 12.3. The molecule has 0 saturated carbocycles. The van der Waals surface area contributed by atoms with Crippen molar-refractivity contribution in [3.63, 3.8) is 0 Å². The van der Waals surface area contributed by atoms with E-state index < -0.39 is 0 Å². The Kier molecular flexibility index (Phi) is 7.84. The van der Waals surface area contributed by atoms with Gasteiger partial charge in [-0.05, 0) is 24.6 Å². The molecule has 1 fully saturated rings. The van der Waals surface area contributed by atoms with E-state index in [-0.39, 0.29) is 24.3 Å². The number of morpholine rings is 1. The predicted octanol–water partition coefficient (Wildman–Crippen LogP) is 1.83. The molecule has 1 atom stereocenters. The first kappa shape index (κ1) is 21.1. The lowest BCUT2D eigenvalue weighted by atomic mass is 10.1. The van der Waals surface area contributed by atoms with Crippen molar-refractivity contribution < 1.29 is 18.7 Å². The van der Waals surface area contributed by atoms with Crippen LogP contribution in [0.5, 0.6) is 0 Å². The standard InChI is InChI=1S/C22H29N3O4/c1-17-7-8-20(29-17)19(25-11-13-28-14-12-25)16-24-21(26)9-10-23-22(27)15-18-5-3-2-4-6-18/h2-8,19H,9-16H2,1H3,(H,23,27)(H,24,26)/t19-/m1/s1. The number of carbonyl (C=O) groups excluding carboxylic acids is 2. The van der Waals surface area contributed by atoms with Gasteiger partial charge < -0.3 is 19.8 Å². The second kappa shape index (κ2) is 10.8. The summed E-state index contributed by atoms with van der Waals surface area (Å²) in [6, 6.07) is 13.4.